The Morgan fingerprint density at radius 3 is 0.407 bits per heavy atom. The summed E-state index contributed by atoms with van der Waals surface area (Å²) < 4.78 is 0. The molecule has 0 aliphatic carbocycles. The van der Waals surface area contributed by atoms with Gasteiger partial charge in [0.15, 0.2) is 23.1 Å². The largest absolute Gasteiger partial charge is 3.00 e. The smallest absolute Gasteiger partial charge is 0.512 e. The van der Waals surface area contributed by atoms with Crippen molar-refractivity contribution in [2.75, 3.05) is 0 Å². The molecule has 10 heteroatoms. The molecule has 0 aromatic carbocycles. The molecule has 0 radical (unpaired) electrons. The van der Waals surface area contributed by atoms with Gasteiger partial charge in [-0.2, -0.15) is 0 Å². The molecule has 0 amide bonds. The van der Waals surface area contributed by atoms with Gasteiger partial charge in [0.2, 0.25) is 0 Å². The monoisotopic (exact) mass is 791 g/mol. The molecule has 0 heterocycles. The number of ketones is 4. The van der Waals surface area contributed by atoms with Crippen molar-refractivity contribution in [3.8, 4) is 0 Å². The minimum atomic E-state index is -0.417. The molecule has 0 fully saturated rings. The van der Waals surface area contributed by atoms with Crippen molar-refractivity contribution < 1.29 is 39.6 Å². The Hall–Kier alpha value is -2.10. The number of hydrogen-bond acceptors (Lipinski definition) is 8. The van der Waals surface area contributed by atoms with E-state index in [4.69, 9.17) is 0 Å². The second-order valence-corrected chi connectivity index (χ2v) is 21.6. The van der Waals surface area contributed by atoms with Crippen LogP contribution in [0, 0.1) is 43.3 Å². The minimum absolute atomic E-state index is 0. The van der Waals surface area contributed by atoms with E-state index in [1.54, 1.807) is 0 Å². The summed E-state index contributed by atoms with van der Waals surface area (Å²) in [4.78, 5) is 45.9. The minimum Gasteiger partial charge on any atom is -0.512 e. The van der Waals surface area contributed by atoms with Crippen molar-refractivity contribution in [2.45, 2.75) is 166 Å². The maximum atomic E-state index is 11.5. The fourth-order valence-electron chi connectivity index (χ4n) is 2.23. The average molecular weight is 791 g/mol. The molecule has 304 valence electrons. The molecule has 0 aromatic heterocycles. The molecule has 54 heavy (non-hydrogen) atoms. The molecular formula is C44H80Al2O8+6. The summed E-state index contributed by atoms with van der Waals surface area (Å²) >= 11 is 0. The van der Waals surface area contributed by atoms with Crippen LogP contribution >= 0.6 is 0 Å². The SMILES string of the molecule is CC(C)(C)C(=O)C=C(O)C(C)(C)C.CC(C)(C)C(=O)C=C(O)C(C)(C)C.CC(C)(C)C(=O)C=C(O)C(C)(C)C.CC(C)(C)C(=O)C=C(O)C(C)(C)C.[Al+3].[Al+3]. The number of carbonyl (C=O) groups excluding carboxylic acids is 4. The van der Waals surface area contributed by atoms with Gasteiger partial charge in [-0.15, -0.1) is 0 Å². The van der Waals surface area contributed by atoms with E-state index >= 15 is 0 Å². The third kappa shape index (κ3) is 31.1. The van der Waals surface area contributed by atoms with Gasteiger partial charge in [0, 0.05) is 67.6 Å². The topological polar surface area (TPSA) is 149 Å². The molecule has 0 atom stereocenters. The normalized spacial score (nSPS) is 13.9. The third-order valence-corrected chi connectivity index (χ3v) is 7.10. The van der Waals surface area contributed by atoms with Gasteiger partial charge in [-0.3, -0.25) is 19.2 Å². The maximum absolute atomic E-state index is 11.5. The van der Waals surface area contributed by atoms with Crippen LogP contribution < -0.4 is 0 Å². The van der Waals surface area contributed by atoms with Crippen molar-refractivity contribution in [2.24, 2.45) is 43.3 Å². The van der Waals surface area contributed by atoms with Crippen LogP contribution in [-0.4, -0.2) is 78.3 Å². The summed E-state index contributed by atoms with van der Waals surface area (Å²) in [5.74, 6) is 0.416. The van der Waals surface area contributed by atoms with Crippen LogP contribution in [-0.2, 0) is 19.2 Å². The fourth-order valence-corrected chi connectivity index (χ4v) is 2.23. The summed E-state index contributed by atoms with van der Waals surface area (Å²) in [5, 5.41) is 38.2. The Balaban J connectivity index is -0.000000140. The van der Waals surface area contributed by atoms with Crippen LogP contribution in [0.5, 0.6) is 0 Å². The van der Waals surface area contributed by atoms with Gasteiger partial charge in [-0.05, 0) is 0 Å². The first-order chi connectivity index (χ1) is 22.2. The zero-order valence-electron chi connectivity index (χ0n) is 38.9. The van der Waals surface area contributed by atoms with E-state index < -0.39 is 21.7 Å². The van der Waals surface area contributed by atoms with E-state index in [1.807, 2.05) is 166 Å². The molecular weight excluding hydrogens is 710 g/mol. The third-order valence-electron chi connectivity index (χ3n) is 7.10. The Morgan fingerprint density at radius 2 is 0.352 bits per heavy atom. The molecule has 0 aliphatic rings. The van der Waals surface area contributed by atoms with E-state index in [0.29, 0.717) is 0 Å². The van der Waals surface area contributed by atoms with Crippen LogP contribution in [0.25, 0.3) is 0 Å². The first-order valence-electron chi connectivity index (χ1n) is 18.0. The molecule has 0 saturated carbocycles. The fraction of sp³-hybridized carbons (Fsp3) is 0.727. The van der Waals surface area contributed by atoms with Gasteiger partial charge in [-0.1, -0.05) is 166 Å². The van der Waals surface area contributed by atoms with E-state index in [2.05, 4.69) is 0 Å². The molecule has 0 unspecified atom stereocenters. The molecule has 0 spiro atoms. The first kappa shape index (κ1) is 63.8. The number of carbonyl (C=O) groups is 4. The second-order valence-electron chi connectivity index (χ2n) is 21.6. The van der Waals surface area contributed by atoms with Crippen LogP contribution in [0.15, 0.2) is 47.3 Å². The van der Waals surface area contributed by atoms with Gasteiger partial charge < -0.3 is 20.4 Å². The molecule has 0 aliphatic heterocycles. The Bertz CT molecular complexity index is 1110. The summed E-state index contributed by atoms with van der Waals surface area (Å²) in [5.41, 5.74) is -3.06. The molecule has 0 aromatic rings. The van der Waals surface area contributed by atoms with E-state index in [-0.39, 0.29) is 103 Å². The number of aliphatic hydroxyl groups is 4. The van der Waals surface area contributed by atoms with E-state index in [0.717, 1.165) is 0 Å². The van der Waals surface area contributed by atoms with Crippen LogP contribution in [0.1, 0.15) is 166 Å². The van der Waals surface area contributed by atoms with E-state index in [1.165, 1.54) is 24.3 Å². The predicted molar refractivity (Wildman–Crippen MR) is 230 cm³/mol. The second kappa shape index (κ2) is 23.2. The predicted octanol–water partition coefficient (Wildman–Crippen LogP) is 11.6. The van der Waals surface area contributed by atoms with Crippen molar-refractivity contribution in [1.29, 1.82) is 0 Å². The molecule has 0 bridgehead atoms. The number of rotatable bonds is 4. The maximum Gasteiger partial charge on any atom is 3.00 e. The summed E-state index contributed by atoms with van der Waals surface area (Å²) in [6.07, 6.45) is 5.33. The molecule has 8 nitrogen and oxygen atoms in total. The van der Waals surface area contributed by atoms with Crippen molar-refractivity contribution in [1.82, 2.24) is 0 Å². The van der Waals surface area contributed by atoms with Crippen molar-refractivity contribution in [3.63, 3.8) is 0 Å². The van der Waals surface area contributed by atoms with Crippen molar-refractivity contribution in [3.05, 3.63) is 47.3 Å². The zero-order chi connectivity index (χ0) is 43.4. The summed E-state index contributed by atoms with van der Waals surface area (Å²) in [7, 11) is 0. The van der Waals surface area contributed by atoms with Gasteiger partial charge >= 0.3 is 34.7 Å². The number of aliphatic hydroxyl groups excluding tert-OH is 4. The zero-order valence-corrected chi connectivity index (χ0v) is 41.2. The number of allylic oxidation sites excluding steroid dienone is 8. The summed E-state index contributed by atoms with van der Waals surface area (Å²) in [6, 6.07) is 0. The first-order valence-corrected chi connectivity index (χ1v) is 18.0. The van der Waals surface area contributed by atoms with Gasteiger partial charge in [0.1, 0.15) is 23.0 Å². The Kier molecular flexibility index (Phi) is 27.4. The van der Waals surface area contributed by atoms with Gasteiger partial charge in [0.25, 0.3) is 0 Å². The molecule has 0 rings (SSSR count). The Labute approximate surface area is 352 Å². The standard InChI is InChI=1S/4C11H20O2.2Al/c4*1-10(2,3)8(12)7-9(13)11(4,5)6;;/h4*7,12H,1-6H3;;/q;;;;2*+3. The van der Waals surface area contributed by atoms with Crippen LogP contribution in [0.3, 0.4) is 0 Å². The quantitative estimate of drug-likeness (QED) is 0.125. The van der Waals surface area contributed by atoms with Crippen LogP contribution in [0.4, 0.5) is 0 Å². The van der Waals surface area contributed by atoms with Gasteiger partial charge in [-0.25, -0.2) is 0 Å². The average Bonchev–Trinajstić information content (AvgIpc) is 2.85. The van der Waals surface area contributed by atoms with Gasteiger partial charge in [0.05, 0.1) is 0 Å². The van der Waals surface area contributed by atoms with Crippen LogP contribution in [0.2, 0.25) is 0 Å². The van der Waals surface area contributed by atoms with E-state index in [9.17, 15) is 39.6 Å². The number of hydrogen-bond donors (Lipinski definition) is 4. The summed E-state index contributed by atoms with van der Waals surface area (Å²) in [6.45, 7) is 44.5. The Morgan fingerprint density at radius 1 is 0.259 bits per heavy atom. The molecule has 0 saturated heterocycles. The molecule has 4 N–H and O–H groups in total. The van der Waals surface area contributed by atoms with Crippen molar-refractivity contribution >= 4 is 57.9 Å².